The lowest BCUT2D eigenvalue weighted by molar-refractivity contribution is 0.660. The number of para-hydroxylation sites is 3. The minimum atomic E-state index is -0.511. The lowest BCUT2D eigenvalue weighted by Crippen LogP contribution is -2.26. The maximum Gasteiger partial charge on any atom is 0.159 e. The molecule has 2 heterocycles. The molecular weight excluding hydrogens is 887 g/mol. The van der Waals surface area contributed by atoms with Gasteiger partial charge in [0.2, 0.25) is 0 Å². The van der Waals surface area contributed by atoms with E-state index in [4.69, 9.17) is 8.83 Å². The molecule has 13 aromatic rings. The predicted octanol–water partition coefficient (Wildman–Crippen LogP) is 18.9. The zero-order valence-electron chi connectivity index (χ0n) is 40.3. The summed E-state index contributed by atoms with van der Waals surface area (Å²) >= 11 is 0. The van der Waals surface area contributed by atoms with Gasteiger partial charge in [-0.1, -0.05) is 208 Å². The number of fused-ring (bicyclic) bond motifs is 19. The average molecular weight is 932 g/mol. The lowest BCUT2D eigenvalue weighted by atomic mass is 9.70. The number of furan rings is 2. The van der Waals surface area contributed by atoms with E-state index in [0.717, 1.165) is 83.2 Å². The van der Waals surface area contributed by atoms with Gasteiger partial charge in [0.05, 0.1) is 16.8 Å². The van der Waals surface area contributed by atoms with Gasteiger partial charge < -0.3 is 13.7 Å². The molecule has 0 N–H and O–H groups in total. The van der Waals surface area contributed by atoms with E-state index in [1.54, 1.807) is 0 Å². The first-order chi connectivity index (χ1) is 36.0. The summed E-state index contributed by atoms with van der Waals surface area (Å²) in [5.74, 6) is 0. The summed E-state index contributed by atoms with van der Waals surface area (Å²) in [7, 11) is 0. The molecule has 0 amide bonds. The zero-order valence-corrected chi connectivity index (χ0v) is 40.3. The van der Waals surface area contributed by atoms with Crippen molar-refractivity contribution in [3.63, 3.8) is 0 Å². The minimum absolute atomic E-state index is 0.181. The largest absolute Gasteiger partial charge is 0.456 e. The molecule has 11 aromatic carbocycles. The molecule has 0 fully saturated rings. The van der Waals surface area contributed by atoms with Gasteiger partial charge in [-0.25, -0.2) is 0 Å². The smallest absolute Gasteiger partial charge is 0.159 e. The van der Waals surface area contributed by atoms with Crippen molar-refractivity contribution in [1.29, 1.82) is 0 Å². The highest BCUT2D eigenvalue weighted by molar-refractivity contribution is 6.24. The molecule has 0 unspecified atom stereocenters. The van der Waals surface area contributed by atoms with Crippen LogP contribution in [0.25, 0.3) is 99.5 Å². The highest BCUT2D eigenvalue weighted by Gasteiger charge is 2.51. The second-order valence-corrected chi connectivity index (χ2v) is 20.6. The molecule has 3 aliphatic rings. The molecule has 0 atom stereocenters. The van der Waals surface area contributed by atoms with E-state index in [1.165, 1.54) is 66.8 Å². The first kappa shape index (κ1) is 40.5. The van der Waals surface area contributed by atoms with Crippen molar-refractivity contribution in [3.05, 3.63) is 270 Å². The second kappa shape index (κ2) is 14.7. The monoisotopic (exact) mass is 931 g/mol. The third-order valence-electron chi connectivity index (χ3n) is 16.7. The SMILES string of the molecule is CC1(C)c2ccccc2-c2ccc(-c3c4oc5c(N(c6ccc7c(c6)C6(c8ccccc8-c8ccccc86)c6ccccc6-7)c6ccccc6-c6ccccc6)cccc5c4cc4oc5ccccc5c34)cc21. The molecule has 0 saturated carbocycles. The van der Waals surface area contributed by atoms with Gasteiger partial charge in [0.15, 0.2) is 5.58 Å². The maximum absolute atomic E-state index is 7.64. The Morgan fingerprint density at radius 3 is 1.60 bits per heavy atom. The van der Waals surface area contributed by atoms with E-state index in [-0.39, 0.29) is 5.41 Å². The van der Waals surface area contributed by atoms with E-state index in [9.17, 15) is 0 Å². The van der Waals surface area contributed by atoms with Crippen LogP contribution in [0.1, 0.15) is 47.2 Å². The summed E-state index contributed by atoms with van der Waals surface area (Å²) in [6, 6.07) is 87.0. The third kappa shape index (κ3) is 5.33. The van der Waals surface area contributed by atoms with E-state index in [1.807, 2.05) is 0 Å². The molecule has 0 bridgehead atoms. The Hall–Kier alpha value is -9.18. The Bertz CT molecular complexity index is 4430. The van der Waals surface area contributed by atoms with Crippen LogP contribution in [0.3, 0.4) is 0 Å². The Morgan fingerprint density at radius 2 is 0.877 bits per heavy atom. The molecule has 73 heavy (non-hydrogen) atoms. The molecule has 0 radical (unpaired) electrons. The fraction of sp³-hybridized carbons (Fsp3) is 0.0571. The first-order valence-electron chi connectivity index (χ1n) is 25.4. The van der Waals surface area contributed by atoms with Crippen LogP contribution in [0, 0.1) is 0 Å². The summed E-state index contributed by atoms with van der Waals surface area (Å²) in [6.45, 7) is 4.70. The normalized spacial score (nSPS) is 14.1. The van der Waals surface area contributed by atoms with Crippen molar-refractivity contribution >= 4 is 60.9 Å². The summed E-state index contributed by atoms with van der Waals surface area (Å²) < 4.78 is 14.5. The number of anilines is 3. The van der Waals surface area contributed by atoms with Crippen LogP contribution in [0.4, 0.5) is 17.1 Å². The van der Waals surface area contributed by atoms with E-state index < -0.39 is 5.41 Å². The van der Waals surface area contributed by atoms with Gasteiger partial charge in [-0.05, 0) is 120 Å². The van der Waals surface area contributed by atoms with E-state index in [0.29, 0.717) is 0 Å². The average Bonchev–Trinajstić information content (AvgIpc) is 4.25. The predicted molar refractivity (Wildman–Crippen MR) is 300 cm³/mol. The Kier molecular flexibility index (Phi) is 8.16. The molecule has 3 aliphatic carbocycles. The Morgan fingerprint density at radius 1 is 0.329 bits per heavy atom. The zero-order chi connectivity index (χ0) is 48.2. The van der Waals surface area contributed by atoms with Crippen LogP contribution in [-0.2, 0) is 10.8 Å². The van der Waals surface area contributed by atoms with Crippen molar-refractivity contribution in [2.45, 2.75) is 24.7 Å². The molecule has 3 heteroatoms. The van der Waals surface area contributed by atoms with Crippen LogP contribution in [0.15, 0.2) is 245 Å². The highest BCUT2D eigenvalue weighted by Crippen LogP contribution is 2.64. The fourth-order valence-corrected chi connectivity index (χ4v) is 13.6. The second-order valence-electron chi connectivity index (χ2n) is 20.6. The van der Waals surface area contributed by atoms with Gasteiger partial charge in [-0.3, -0.25) is 0 Å². The molecule has 3 nitrogen and oxygen atoms in total. The van der Waals surface area contributed by atoms with Gasteiger partial charge in [-0.15, -0.1) is 0 Å². The third-order valence-corrected chi connectivity index (χ3v) is 16.7. The lowest BCUT2D eigenvalue weighted by Gasteiger charge is -2.32. The van der Waals surface area contributed by atoms with Gasteiger partial charge in [0.1, 0.15) is 16.7 Å². The van der Waals surface area contributed by atoms with Crippen LogP contribution in [0.5, 0.6) is 0 Å². The summed E-state index contributed by atoms with van der Waals surface area (Å²) in [5, 5.41) is 4.17. The number of hydrogen-bond acceptors (Lipinski definition) is 3. The summed E-state index contributed by atoms with van der Waals surface area (Å²) in [6.07, 6.45) is 0. The van der Waals surface area contributed by atoms with Crippen molar-refractivity contribution in [2.24, 2.45) is 0 Å². The first-order valence-corrected chi connectivity index (χ1v) is 25.4. The van der Waals surface area contributed by atoms with Gasteiger partial charge in [0, 0.05) is 43.8 Å². The maximum atomic E-state index is 7.64. The summed E-state index contributed by atoms with van der Waals surface area (Å²) in [5.41, 5.74) is 25.7. The van der Waals surface area contributed by atoms with Gasteiger partial charge in [0.25, 0.3) is 0 Å². The number of rotatable bonds is 5. The molecule has 0 saturated heterocycles. The molecule has 342 valence electrons. The Labute approximate surface area is 422 Å². The Balaban J connectivity index is 0.988. The van der Waals surface area contributed by atoms with Crippen LogP contribution in [0.2, 0.25) is 0 Å². The minimum Gasteiger partial charge on any atom is -0.456 e. The number of nitrogens with zero attached hydrogens (tertiary/aromatic N) is 1. The van der Waals surface area contributed by atoms with Crippen LogP contribution in [-0.4, -0.2) is 0 Å². The molecule has 1 spiro atoms. The quantitative estimate of drug-likeness (QED) is 0.172. The van der Waals surface area contributed by atoms with E-state index >= 15 is 0 Å². The van der Waals surface area contributed by atoms with Gasteiger partial charge >= 0.3 is 0 Å². The number of hydrogen-bond donors (Lipinski definition) is 0. The van der Waals surface area contributed by atoms with Crippen LogP contribution < -0.4 is 4.90 Å². The molecule has 2 aromatic heterocycles. The number of benzene rings is 11. The van der Waals surface area contributed by atoms with Crippen molar-refractivity contribution in [2.75, 3.05) is 4.90 Å². The van der Waals surface area contributed by atoms with Crippen molar-refractivity contribution in [3.8, 4) is 55.6 Å². The fourth-order valence-electron chi connectivity index (χ4n) is 13.6. The van der Waals surface area contributed by atoms with E-state index in [2.05, 4.69) is 255 Å². The van der Waals surface area contributed by atoms with Gasteiger partial charge in [-0.2, -0.15) is 0 Å². The van der Waals surface area contributed by atoms with Crippen molar-refractivity contribution in [1.82, 2.24) is 0 Å². The molecule has 0 aliphatic heterocycles. The van der Waals surface area contributed by atoms with Crippen molar-refractivity contribution < 1.29 is 8.83 Å². The standard InChI is InChI=1S/C70H45NO2/c1-69(2)55-28-12-6-22-46(55)50-37-35-43(39-59(50)69)65-66-53-26-11-17-34-63(53)72-64(66)41-54-52-27-18-33-62(67(52)73-68(54)65)71(61-32-16-10-21-45(61)42-19-4-3-5-20-42)44-36-38-51-49-25-9-15-31-58(49)70(60(51)40-44)56-29-13-7-23-47(56)48-24-8-14-30-57(48)70/h3-41H,1-2H3. The highest BCUT2D eigenvalue weighted by atomic mass is 16.3. The summed E-state index contributed by atoms with van der Waals surface area (Å²) in [4.78, 5) is 2.45. The van der Waals surface area contributed by atoms with Crippen LogP contribution >= 0.6 is 0 Å². The topological polar surface area (TPSA) is 29.5 Å². The molecule has 16 rings (SSSR count). The molecular formula is C70H45NO2.